The molecule has 1 aromatic heterocycles. The maximum atomic E-state index is 12.7. The summed E-state index contributed by atoms with van der Waals surface area (Å²) in [4.78, 5) is 0.119. The van der Waals surface area contributed by atoms with Crippen molar-refractivity contribution in [1.29, 1.82) is 0 Å². The molecule has 0 radical (unpaired) electrons. The lowest BCUT2D eigenvalue weighted by Crippen LogP contribution is -2.24. The highest BCUT2D eigenvalue weighted by molar-refractivity contribution is 7.87. The lowest BCUT2D eigenvalue weighted by molar-refractivity contribution is 0.317. The number of ether oxygens (including phenoxy) is 1. The van der Waals surface area contributed by atoms with Crippen molar-refractivity contribution < 1.29 is 17.3 Å². The average molecular weight is 366 g/mol. The monoisotopic (exact) mass is 366 g/mol. The van der Waals surface area contributed by atoms with Crippen molar-refractivity contribution in [1.82, 2.24) is 9.78 Å². The van der Waals surface area contributed by atoms with Crippen molar-refractivity contribution >= 4 is 10.1 Å². The zero-order valence-electron chi connectivity index (χ0n) is 15.7. The third kappa shape index (κ3) is 4.34. The molecule has 0 aliphatic rings. The molecule has 0 aliphatic carbocycles. The van der Waals surface area contributed by atoms with Gasteiger partial charge in [-0.15, -0.1) is 0 Å². The summed E-state index contributed by atoms with van der Waals surface area (Å²) in [5, 5.41) is 4.37. The van der Waals surface area contributed by atoms with Crippen LogP contribution in [-0.2, 0) is 15.7 Å². The fourth-order valence-electron chi connectivity index (χ4n) is 2.62. The fourth-order valence-corrected chi connectivity index (χ4v) is 3.92. The van der Waals surface area contributed by atoms with Gasteiger partial charge in [0.15, 0.2) is 0 Å². The van der Waals surface area contributed by atoms with E-state index < -0.39 is 10.1 Å². The fraction of sp³-hybridized carbons (Fsp3) is 0.500. The molecule has 138 valence electrons. The molecule has 7 heteroatoms. The number of hydrogen-bond donors (Lipinski definition) is 0. The van der Waals surface area contributed by atoms with Crippen LogP contribution in [0, 0.1) is 13.8 Å². The molecule has 0 fully saturated rings. The number of benzene rings is 1. The van der Waals surface area contributed by atoms with Crippen molar-refractivity contribution in [3.8, 4) is 11.5 Å². The standard InChI is InChI=1S/C18H26N2O4S/c1-7-12-23-15-8-10-16(11-9-15)24-25(21,22)17-13(2)19-20(14(17)3)18(4,5)6/h8-11H,7,12H2,1-6H3. The molecule has 2 aromatic rings. The van der Waals surface area contributed by atoms with E-state index >= 15 is 0 Å². The molecule has 0 saturated heterocycles. The van der Waals surface area contributed by atoms with Crippen LogP contribution in [0.1, 0.15) is 45.5 Å². The van der Waals surface area contributed by atoms with E-state index in [0.29, 0.717) is 23.7 Å². The van der Waals surface area contributed by atoms with Crippen molar-refractivity contribution in [3.05, 3.63) is 35.7 Å². The first kappa shape index (κ1) is 19.3. The Morgan fingerprint density at radius 2 is 1.64 bits per heavy atom. The van der Waals surface area contributed by atoms with Gasteiger partial charge in [0.05, 0.1) is 23.5 Å². The van der Waals surface area contributed by atoms with Crippen molar-refractivity contribution in [2.75, 3.05) is 6.61 Å². The van der Waals surface area contributed by atoms with E-state index in [1.807, 2.05) is 27.7 Å². The van der Waals surface area contributed by atoms with Crippen LogP contribution in [0.2, 0.25) is 0 Å². The van der Waals surface area contributed by atoms with E-state index in [9.17, 15) is 8.42 Å². The minimum absolute atomic E-state index is 0.119. The molecule has 0 unspecified atom stereocenters. The molecule has 0 bridgehead atoms. The predicted molar refractivity (Wildman–Crippen MR) is 96.7 cm³/mol. The molecule has 2 rings (SSSR count). The van der Waals surface area contributed by atoms with Crippen LogP contribution in [0.25, 0.3) is 0 Å². The van der Waals surface area contributed by atoms with Crippen LogP contribution in [0.5, 0.6) is 11.5 Å². The second-order valence-electron chi connectivity index (χ2n) is 6.94. The Morgan fingerprint density at radius 1 is 1.08 bits per heavy atom. The lowest BCUT2D eigenvalue weighted by atomic mass is 10.1. The molecule has 1 aromatic carbocycles. The largest absolute Gasteiger partial charge is 0.494 e. The molecular weight excluding hydrogens is 340 g/mol. The van der Waals surface area contributed by atoms with Crippen LogP contribution < -0.4 is 8.92 Å². The molecule has 0 spiro atoms. The van der Waals surface area contributed by atoms with Crippen molar-refractivity contribution in [2.45, 2.75) is 58.4 Å². The van der Waals surface area contributed by atoms with Gasteiger partial charge in [-0.1, -0.05) is 6.92 Å². The molecule has 1 heterocycles. The first-order chi connectivity index (χ1) is 11.6. The Bertz CT molecular complexity index is 831. The van der Waals surface area contributed by atoms with Crippen LogP contribution >= 0.6 is 0 Å². The molecular formula is C18H26N2O4S. The van der Waals surface area contributed by atoms with Crippen molar-refractivity contribution in [2.24, 2.45) is 0 Å². The number of hydrogen-bond acceptors (Lipinski definition) is 5. The lowest BCUT2D eigenvalue weighted by Gasteiger charge is -2.21. The molecule has 0 atom stereocenters. The highest BCUT2D eigenvalue weighted by atomic mass is 32.2. The van der Waals surface area contributed by atoms with E-state index in [4.69, 9.17) is 8.92 Å². The van der Waals surface area contributed by atoms with Gasteiger partial charge in [0.1, 0.15) is 16.4 Å². The molecule has 0 aliphatic heterocycles. The van der Waals surface area contributed by atoms with Crippen LogP contribution in [0.4, 0.5) is 0 Å². The Balaban J connectivity index is 2.29. The zero-order chi connectivity index (χ0) is 18.8. The topological polar surface area (TPSA) is 70.4 Å². The number of aromatic nitrogens is 2. The minimum atomic E-state index is -3.97. The molecule has 25 heavy (non-hydrogen) atoms. The van der Waals surface area contributed by atoms with Gasteiger partial charge in [-0.05, 0) is 65.3 Å². The molecule has 0 N–H and O–H groups in total. The summed E-state index contributed by atoms with van der Waals surface area (Å²) < 4.78 is 38.0. The zero-order valence-corrected chi connectivity index (χ0v) is 16.5. The normalized spacial score (nSPS) is 12.2. The van der Waals surface area contributed by atoms with Gasteiger partial charge in [-0.3, -0.25) is 4.68 Å². The summed E-state index contributed by atoms with van der Waals surface area (Å²) in [7, 11) is -3.97. The van der Waals surface area contributed by atoms with E-state index in [1.54, 1.807) is 42.8 Å². The highest BCUT2D eigenvalue weighted by Gasteiger charge is 2.30. The molecule has 0 amide bonds. The van der Waals surface area contributed by atoms with Gasteiger partial charge in [0.2, 0.25) is 0 Å². The van der Waals surface area contributed by atoms with Gasteiger partial charge in [-0.25, -0.2) is 0 Å². The van der Waals surface area contributed by atoms with E-state index in [0.717, 1.165) is 6.42 Å². The number of nitrogens with zero attached hydrogens (tertiary/aromatic N) is 2. The predicted octanol–water partition coefficient (Wildman–Crippen LogP) is 3.81. The summed E-state index contributed by atoms with van der Waals surface area (Å²) in [6.07, 6.45) is 0.906. The average Bonchev–Trinajstić information content (AvgIpc) is 2.82. The summed E-state index contributed by atoms with van der Waals surface area (Å²) in [6.45, 7) is 12.0. The van der Waals surface area contributed by atoms with E-state index in [-0.39, 0.29) is 16.2 Å². The van der Waals surface area contributed by atoms with Gasteiger partial charge >= 0.3 is 10.1 Å². The Morgan fingerprint density at radius 3 is 2.12 bits per heavy atom. The van der Waals surface area contributed by atoms with Crippen LogP contribution in [0.3, 0.4) is 0 Å². The molecule has 6 nitrogen and oxygen atoms in total. The van der Waals surface area contributed by atoms with Gasteiger partial charge in [0.25, 0.3) is 0 Å². The summed E-state index contributed by atoms with van der Waals surface area (Å²) in [5.74, 6) is 0.922. The maximum absolute atomic E-state index is 12.7. The van der Waals surface area contributed by atoms with Gasteiger partial charge < -0.3 is 8.92 Å². The Kier molecular flexibility index (Phi) is 5.46. The first-order valence-electron chi connectivity index (χ1n) is 8.30. The number of aryl methyl sites for hydroxylation is 1. The third-order valence-corrected chi connectivity index (χ3v) is 5.12. The van der Waals surface area contributed by atoms with Crippen LogP contribution in [0.15, 0.2) is 29.2 Å². The third-order valence-electron chi connectivity index (χ3n) is 3.61. The number of rotatable bonds is 6. The maximum Gasteiger partial charge on any atom is 0.342 e. The van der Waals surface area contributed by atoms with Crippen LogP contribution in [-0.4, -0.2) is 24.8 Å². The second kappa shape index (κ2) is 7.07. The van der Waals surface area contributed by atoms with Gasteiger partial charge in [-0.2, -0.15) is 13.5 Å². The smallest absolute Gasteiger partial charge is 0.342 e. The first-order valence-corrected chi connectivity index (χ1v) is 9.71. The van der Waals surface area contributed by atoms with Gasteiger partial charge in [0, 0.05) is 0 Å². The van der Waals surface area contributed by atoms with E-state index in [2.05, 4.69) is 5.10 Å². The van der Waals surface area contributed by atoms with E-state index in [1.165, 1.54) is 0 Å². The van der Waals surface area contributed by atoms with Crippen molar-refractivity contribution in [3.63, 3.8) is 0 Å². The summed E-state index contributed by atoms with van der Waals surface area (Å²) in [6, 6.07) is 6.56. The second-order valence-corrected chi connectivity index (χ2v) is 8.42. The Labute approximate surface area is 149 Å². The minimum Gasteiger partial charge on any atom is -0.494 e. The highest BCUT2D eigenvalue weighted by Crippen LogP contribution is 2.28. The summed E-state index contributed by atoms with van der Waals surface area (Å²) in [5.41, 5.74) is 0.671. The summed E-state index contributed by atoms with van der Waals surface area (Å²) >= 11 is 0. The molecule has 0 saturated carbocycles. The SMILES string of the molecule is CCCOc1ccc(OS(=O)(=O)c2c(C)nn(C(C)(C)C)c2C)cc1. The Hall–Kier alpha value is -2.02. The quantitative estimate of drug-likeness (QED) is 0.727.